The van der Waals surface area contributed by atoms with Crippen LogP contribution in [0.5, 0.6) is 0 Å². The lowest BCUT2D eigenvalue weighted by Crippen LogP contribution is -2.30. The maximum atomic E-state index is 12.9. The van der Waals surface area contributed by atoms with Gasteiger partial charge in [0.25, 0.3) is 0 Å². The Balaban J connectivity index is 5.20. The van der Waals surface area contributed by atoms with Crippen LogP contribution < -0.4 is 0 Å². The summed E-state index contributed by atoms with van der Waals surface area (Å²) in [5.41, 5.74) is 0. The first-order valence-electron chi connectivity index (χ1n) is 29.0. The number of hydrogen-bond donors (Lipinski definition) is 3. The Hall–Kier alpha value is -1.94. The summed E-state index contributed by atoms with van der Waals surface area (Å²) in [5.74, 6) is -0.714. The van der Waals surface area contributed by atoms with E-state index in [-0.39, 0.29) is 25.7 Å². The van der Waals surface area contributed by atoms with E-state index < -0.39 is 97.5 Å². The fourth-order valence-electron chi connectivity index (χ4n) is 7.91. The molecule has 0 aliphatic heterocycles. The predicted octanol–water partition coefficient (Wildman–Crippen LogP) is 14.1. The minimum absolute atomic E-state index is 0.103. The van der Waals surface area contributed by atoms with Crippen molar-refractivity contribution in [3.8, 4) is 0 Å². The Morgan fingerprint density at radius 3 is 1.03 bits per heavy atom. The topological polar surface area (TPSA) is 237 Å². The highest BCUT2D eigenvalue weighted by atomic mass is 31.2. The van der Waals surface area contributed by atoms with E-state index >= 15 is 0 Å². The maximum Gasteiger partial charge on any atom is 0.472 e. The highest BCUT2D eigenvalue weighted by Crippen LogP contribution is 2.45. The molecule has 0 saturated carbocycles. The average Bonchev–Trinajstić information content (AvgIpc) is 3.36. The molecule has 0 fully saturated rings. The molecule has 17 nitrogen and oxygen atoms in total. The number of aliphatic hydroxyl groups excluding tert-OH is 1. The van der Waals surface area contributed by atoms with Crippen molar-refractivity contribution in [3.05, 3.63) is 0 Å². The molecule has 0 saturated heterocycles. The molecule has 0 rings (SSSR count). The first-order chi connectivity index (χ1) is 35.4. The zero-order valence-corrected chi connectivity index (χ0v) is 48.9. The smallest absolute Gasteiger partial charge is 0.462 e. The van der Waals surface area contributed by atoms with Crippen LogP contribution in [0.15, 0.2) is 0 Å². The van der Waals surface area contributed by atoms with Crippen molar-refractivity contribution >= 4 is 39.5 Å². The SMILES string of the molecule is CCCCCCCCCCC(=O)O[C@H](COC(=O)CCCCCCC)COP(=O)(O)OC[C@H](O)COP(=O)(O)OC[C@@H](COC(=O)CCCCCCCCC(C)CC)OC(=O)CCCCCCCCCCC(C)C. The first kappa shape index (κ1) is 72.1. The number of carbonyl (C=O) groups excluding carboxylic acids is 4. The second-order valence-electron chi connectivity index (χ2n) is 20.7. The highest BCUT2D eigenvalue weighted by molar-refractivity contribution is 7.47. The van der Waals surface area contributed by atoms with E-state index in [1.165, 1.54) is 57.8 Å². The van der Waals surface area contributed by atoms with Crippen molar-refractivity contribution in [3.63, 3.8) is 0 Å². The van der Waals surface area contributed by atoms with E-state index in [1.54, 1.807) is 0 Å². The van der Waals surface area contributed by atoms with Crippen LogP contribution in [0, 0.1) is 11.8 Å². The van der Waals surface area contributed by atoms with Crippen LogP contribution in [0.2, 0.25) is 0 Å². The van der Waals surface area contributed by atoms with E-state index in [9.17, 15) is 43.2 Å². The first-order valence-corrected chi connectivity index (χ1v) is 32.0. The molecule has 0 aliphatic rings. The summed E-state index contributed by atoms with van der Waals surface area (Å²) in [6.07, 6.45) is 27.1. The molecule has 0 bridgehead atoms. The van der Waals surface area contributed by atoms with Crippen molar-refractivity contribution in [2.45, 2.75) is 278 Å². The minimum atomic E-state index is -4.93. The van der Waals surface area contributed by atoms with Crippen LogP contribution in [-0.4, -0.2) is 96.7 Å². The molecule has 0 aliphatic carbocycles. The number of unbranched alkanes of at least 4 members (excludes halogenated alkanes) is 23. The molecule has 74 heavy (non-hydrogen) atoms. The Labute approximate surface area is 447 Å². The largest absolute Gasteiger partial charge is 0.472 e. The normalized spacial score (nSPS) is 14.9. The molecule has 0 amide bonds. The van der Waals surface area contributed by atoms with Gasteiger partial charge < -0.3 is 33.8 Å². The molecule has 438 valence electrons. The summed E-state index contributed by atoms with van der Waals surface area (Å²) in [6, 6.07) is 0. The van der Waals surface area contributed by atoms with Gasteiger partial charge in [0.2, 0.25) is 0 Å². The van der Waals surface area contributed by atoms with E-state index in [1.807, 2.05) is 0 Å². The monoisotopic (exact) mass is 1100 g/mol. The number of carbonyl (C=O) groups is 4. The molecule has 0 aromatic rings. The molecular weight excluding hydrogens is 995 g/mol. The molecule has 3 N–H and O–H groups in total. The number of phosphoric acid groups is 2. The van der Waals surface area contributed by atoms with E-state index in [0.29, 0.717) is 25.7 Å². The molecule has 19 heteroatoms. The van der Waals surface area contributed by atoms with E-state index in [0.717, 1.165) is 121 Å². The molecule has 3 unspecified atom stereocenters. The quantitative estimate of drug-likeness (QED) is 0.0222. The second-order valence-corrected chi connectivity index (χ2v) is 23.6. The third kappa shape index (κ3) is 48.4. The molecule has 0 heterocycles. The average molecular weight is 1100 g/mol. The summed E-state index contributed by atoms with van der Waals surface area (Å²) in [5, 5.41) is 10.4. The summed E-state index contributed by atoms with van der Waals surface area (Å²) in [6.45, 7) is 9.22. The number of ether oxygens (including phenoxy) is 4. The lowest BCUT2D eigenvalue weighted by Gasteiger charge is -2.21. The van der Waals surface area contributed by atoms with Crippen molar-refractivity contribution < 1.29 is 80.2 Å². The number of phosphoric ester groups is 2. The van der Waals surface area contributed by atoms with Gasteiger partial charge in [-0.3, -0.25) is 37.3 Å². The van der Waals surface area contributed by atoms with Crippen LogP contribution in [0.1, 0.15) is 260 Å². The lowest BCUT2D eigenvalue weighted by molar-refractivity contribution is -0.161. The Morgan fingerprint density at radius 1 is 0.392 bits per heavy atom. The van der Waals surface area contributed by atoms with Crippen LogP contribution in [0.25, 0.3) is 0 Å². The molecule has 6 atom stereocenters. The number of rotatable bonds is 54. The van der Waals surface area contributed by atoms with Crippen molar-refractivity contribution in [1.82, 2.24) is 0 Å². The van der Waals surface area contributed by atoms with Gasteiger partial charge in [-0.2, -0.15) is 0 Å². The number of aliphatic hydroxyl groups is 1. The van der Waals surface area contributed by atoms with Gasteiger partial charge in [-0.05, 0) is 37.5 Å². The summed E-state index contributed by atoms with van der Waals surface area (Å²) >= 11 is 0. The van der Waals surface area contributed by atoms with Crippen molar-refractivity contribution in [2.24, 2.45) is 11.8 Å². The van der Waals surface area contributed by atoms with E-state index in [4.69, 9.17) is 37.0 Å². The van der Waals surface area contributed by atoms with Crippen LogP contribution in [0.4, 0.5) is 0 Å². The van der Waals surface area contributed by atoms with Gasteiger partial charge >= 0.3 is 39.5 Å². The van der Waals surface area contributed by atoms with Gasteiger partial charge in [0.05, 0.1) is 26.4 Å². The number of esters is 4. The van der Waals surface area contributed by atoms with Gasteiger partial charge in [-0.1, -0.05) is 208 Å². The standard InChI is InChI=1S/C55H106O17P2/c1-7-10-12-14-15-19-27-33-39-54(59)71-50(43-65-52(57)37-31-23-13-11-8-2)45-69-73(61,62)67-41-49(56)42-68-74(63,64)70-46-51(44-66-53(58)38-32-26-22-21-25-30-36-48(6)9-3)72-55(60)40-34-28-20-17-16-18-24-29-35-47(4)5/h47-51,56H,7-46H2,1-6H3,(H,61,62)(H,63,64)/t48?,49-,50+,51+/m0/s1. The molecule has 0 spiro atoms. The van der Waals surface area contributed by atoms with Gasteiger partial charge in [0.15, 0.2) is 12.2 Å². The van der Waals surface area contributed by atoms with Crippen molar-refractivity contribution in [1.29, 1.82) is 0 Å². The summed E-state index contributed by atoms with van der Waals surface area (Å²) in [7, 11) is -9.86. The van der Waals surface area contributed by atoms with Gasteiger partial charge in [0.1, 0.15) is 19.3 Å². The molecule has 0 aromatic carbocycles. The van der Waals surface area contributed by atoms with Crippen molar-refractivity contribution in [2.75, 3.05) is 39.6 Å². The molecular formula is C55H106O17P2. The third-order valence-corrected chi connectivity index (χ3v) is 14.7. The highest BCUT2D eigenvalue weighted by Gasteiger charge is 2.30. The van der Waals surface area contributed by atoms with Gasteiger partial charge in [-0.25, -0.2) is 9.13 Å². The van der Waals surface area contributed by atoms with Crippen LogP contribution in [0.3, 0.4) is 0 Å². The zero-order valence-electron chi connectivity index (χ0n) is 47.1. The summed E-state index contributed by atoms with van der Waals surface area (Å²) in [4.78, 5) is 71.4. The van der Waals surface area contributed by atoms with E-state index in [2.05, 4.69) is 41.5 Å². The Kier molecular flexibility index (Phi) is 46.9. The summed E-state index contributed by atoms with van der Waals surface area (Å²) < 4.78 is 67.3. The fourth-order valence-corrected chi connectivity index (χ4v) is 9.49. The van der Waals surface area contributed by atoms with Crippen LogP contribution >= 0.6 is 15.6 Å². The minimum Gasteiger partial charge on any atom is -0.462 e. The maximum absolute atomic E-state index is 12.9. The van der Waals surface area contributed by atoms with Gasteiger partial charge in [0, 0.05) is 25.7 Å². The second kappa shape index (κ2) is 48.2. The van der Waals surface area contributed by atoms with Crippen LogP contribution in [-0.2, 0) is 65.4 Å². The molecule has 0 radical (unpaired) electrons. The Morgan fingerprint density at radius 2 is 0.689 bits per heavy atom. The third-order valence-electron chi connectivity index (χ3n) is 12.8. The fraction of sp³-hybridized carbons (Fsp3) is 0.927. The number of hydrogen-bond acceptors (Lipinski definition) is 15. The lowest BCUT2D eigenvalue weighted by atomic mass is 10.00. The zero-order chi connectivity index (χ0) is 55.1. The van der Waals surface area contributed by atoms with Gasteiger partial charge in [-0.15, -0.1) is 0 Å². The Bertz CT molecular complexity index is 1480. The molecule has 0 aromatic heterocycles. The predicted molar refractivity (Wildman–Crippen MR) is 289 cm³/mol.